The van der Waals surface area contributed by atoms with Crippen LogP contribution < -0.4 is 17.2 Å². The van der Waals surface area contributed by atoms with Crippen molar-refractivity contribution >= 4 is 86.5 Å². The maximum absolute atomic E-state index is 13.0. The number of hydrogen-bond acceptors (Lipinski definition) is 23. The van der Waals surface area contributed by atoms with Crippen LogP contribution >= 0.6 is 7.92 Å². The molecule has 0 aromatic heterocycles. The minimum absolute atomic E-state index is 0. The second kappa shape index (κ2) is 50.3. The van der Waals surface area contributed by atoms with Crippen molar-refractivity contribution in [2.24, 2.45) is 5.11 Å². The van der Waals surface area contributed by atoms with Crippen LogP contribution in [0.5, 0.6) is 5.75 Å². The summed E-state index contributed by atoms with van der Waals surface area (Å²) in [7, 11) is -14.4. The predicted molar refractivity (Wildman–Crippen MR) is 408 cm³/mol. The second-order valence-electron chi connectivity index (χ2n) is 25.4. The third kappa shape index (κ3) is 36.0. The first kappa shape index (κ1) is 102. The molecule has 30 nitrogen and oxygen atoms in total. The minimum Gasteiger partial charge on any atom is -0.508 e. The van der Waals surface area contributed by atoms with Crippen molar-refractivity contribution in [2.45, 2.75) is 170 Å². The van der Waals surface area contributed by atoms with Crippen LogP contribution in [0, 0.1) is 82.4 Å². The average molecular weight is 1760 g/mol. The quantitative estimate of drug-likeness (QED) is 0.00534. The van der Waals surface area contributed by atoms with Crippen molar-refractivity contribution in [3.8, 4) is 5.75 Å². The SMILES string of the molecule is C1CCOC1.CP(C)C.Cc1ccc(F)c([N+](=O)[O-])c1.Nc1ccc(C2CCC2)cc1N.Nc1ccc(C2CCC2)cc1[N+](=O)[O-].O=S(=O)(OS(=O)(=O)C(F)(F)F)C(F)(F)F.O=[N+]([O-])c1cc(C2CCC2)ccc1F.O=[N+]([O-])c1cc(O)ccc1F.OB(O)C1CCC1.[2H]CC.[CH3-].[N-]=[N+]=Nc1ccc(C2CCC2)cc1[N+](=O)[O-].[Pd]. The van der Waals surface area contributed by atoms with E-state index in [4.69, 9.17) is 44.0 Å². The molecule has 1 saturated heterocycles. The van der Waals surface area contributed by atoms with Gasteiger partial charge >= 0.3 is 55.4 Å². The molecule has 12 rings (SSSR count). The molecule has 0 radical (unpaired) electrons. The summed E-state index contributed by atoms with van der Waals surface area (Å²) >= 11 is 0. The largest absolute Gasteiger partial charge is 0.524 e. The van der Waals surface area contributed by atoms with Gasteiger partial charge in [-0.05, 0) is 202 Å². The monoisotopic (exact) mass is 1760 g/mol. The Bertz CT molecular complexity index is 4170. The molecule has 9 N–H and O–H groups in total. The molecule has 0 spiro atoms. The van der Waals surface area contributed by atoms with Gasteiger partial charge in [-0.2, -0.15) is 56.3 Å². The molecule has 1 aliphatic heterocycles. The molecule has 6 aromatic carbocycles. The fourth-order valence-electron chi connectivity index (χ4n) is 9.63. The van der Waals surface area contributed by atoms with E-state index in [0.717, 1.165) is 124 Å². The molecule has 0 bridgehead atoms. The number of phenols is 1. The third-order valence-corrected chi connectivity index (χ3v) is 19.3. The van der Waals surface area contributed by atoms with Crippen LogP contribution in [0.4, 0.5) is 90.7 Å². The number of benzene rings is 6. The van der Waals surface area contributed by atoms with E-state index in [1.165, 1.54) is 93.3 Å². The minimum atomic E-state index is -6.85. The molecule has 1 heterocycles. The second-order valence-corrected chi connectivity index (χ2v) is 31.3. The Balaban J connectivity index is 0.00000126. The summed E-state index contributed by atoms with van der Waals surface area (Å²) in [5.74, 6) is -0.542. The van der Waals surface area contributed by atoms with Crippen molar-refractivity contribution in [2.75, 3.05) is 50.4 Å². The van der Waals surface area contributed by atoms with Crippen molar-refractivity contribution in [3.05, 3.63) is 223 Å². The molecule has 0 amide bonds. The van der Waals surface area contributed by atoms with Crippen LogP contribution in [0.25, 0.3) is 10.4 Å². The first-order chi connectivity index (χ1) is 52.2. The van der Waals surface area contributed by atoms with Gasteiger partial charge in [-0.1, -0.05) is 94.2 Å². The zero-order chi connectivity index (χ0) is 85.0. The summed E-state index contributed by atoms with van der Waals surface area (Å²) in [4.78, 5) is 51.4. The van der Waals surface area contributed by atoms with E-state index in [1.54, 1.807) is 38.1 Å². The number of nitro groups is 5. The Morgan fingerprint density at radius 1 is 0.531 bits per heavy atom. The first-order valence-corrected chi connectivity index (χ1v) is 39.4. The standard InChI is InChI=1S/C10H10FNO2.C10H10N4O2.C10H12N2O2.C10H14N2.C7H6FNO2.C6H4FNO3.C4H9BO2.C4H8O.C3H9P.C2F6O5S2.C2H6.CH3.Pd/c11-9-5-4-8(7-2-1-3-7)6-10(9)12(13)14;11-13-12-9-5-4-8(7-2-1-3-7)6-10(9)14(15)16;11-9-5-4-8(7-2-1-3-7)6-10(9)12(13)14;11-9-5-4-8(6-10(9)12)7-2-1-3-7;1-5-2-3-6(8)7(4-5)9(10)11;7-5-2-1-4(9)3-6(5)8(10)11;6-5(7)4-2-1-3-4;1-2-4-5-3-1;1-4(2)3;3-1(4,5)14(9,10)13-15(11,12)2(6,7)8;1-2;;/h4-7H,1-3H2;4-7H,1-3H2;4-7H,1-3,11H2;4-7H,1-3,11-12H2;2-4H,1H3;1-3,9H;4,6-7H,1-3H2;1-4H2;1-3H3;;1-2H3;1H3;/q;;;;;;;;;;;-1;/i;;;;;;;;;;1D;;. The zero-order valence-electron chi connectivity index (χ0n) is 63.2. The number of phenolic OH excluding ortho intramolecular Hbond substituents is 1. The van der Waals surface area contributed by atoms with Crippen LogP contribution in [0.1, 0.15) is 176 Å². The van der Waals surface area contributed by atoms with E-state index in [2.05, 4.69) is 36.1 Å². The summed E-state index contributed by atoms with van der Waals surface area (Å²) in [6.45, 7) is 12.7. The van der Waals surface area contributed by atoms with E-state index < -0.39 is 97.5 Å². The maximum atomic E-state index is 13.0. The topological polar surface area (TPSA) is 490 Å². The molecular weight excluding hydrogens is 1670 g/mol. The summed E-state index contributed by atoms with van der Waals surface area (Å²) in [5, 5.41) is 80.9. The number of nitrogen functional groups attached to an aromatic ring is 3. The fourth-order valence-corrected chi connectivity index (χ4v) is 11.2. The number of nitrogens with two attached hydrogens (primary N) is 3. The fraction of sp³-hybridized carbons (Fsp3) is 0.464. The van der Waals surface area contributed by atoms with Crippen molar-refractivity contribution in [1.29, 1.82) is 0 Å². The molecule has 44 heteroatoms. The van der Waals surface area contributed by atoms with Gasteiger partial charge in [0.2, 0.25) is 17.5 Å². The molecule has 5 saturated carbocycles. The van der Waals surface area contributed by atoms with Crippen LogP contribution in [0.15, 0.2) is 114 Å². The number of aromatic hydroxyl groups is 1. The van der Waals surface area contributed by atoms with Gasteiger partial charge in [-0.15, -0.1) is 11.6 Å². The van der Waals surface area contributed by atoms with Gasteiger partial charge in [-0.3, -0.25) is 50.6 Å². The Kier molecular flexibility index (Phi) is 45.5. The summed E-state index contributed by atoms with van der Waals surface area (Å²) in [6, 6.07) is 26.6. The summed E-state index contributed by atoms with van der Waals surface area (Å²) in [5.41, 5.74) is 17.6. The smallest absolute Gasteiger partial charge is 0.508 e. The Morgan fingerprint density at radius 3 is 1.14 bits per heavy atom. The van der Waals surface area contributed by atoms with Crippen molar-refractivity contribution < 1.29 is 126 Å². The Morgan fingerprint density at radius 2 is 0.850 bits per heavy atom. The Labute approximate surface area is 664 Å². The number of hydrogen-bond donors (Lipinski definition) is 6. The van der Waals surface area contributed by atoms with Crippen LogP contribution in [-0.2, 0) is 49.0 Å². The number of alkyl halides is 6. The van der Waals surface area contributed by atoms with E-state index in [1.807, 2.05) is 21.8 Å². The van der Waals surface area contributed by atoms with Crippen molar-refractivity contribution in [3.63, 3.8) is 0 Å². The van der Waals surface area contributed by atoms with Gasteiger partial charge in [0.15, 0.2) is 0 Å². The van der Waals surface area contributed by atoms with Gasteiger partial charge in [-0.25, -0.2) is 0 Å². The number of rotatable bonds is 13. The third-order valence-electron chi connectivity index (χ3n) is 16.8. The van der Waals surface area contributed by atoms with Gasteiger partial charge in [0.25, 0.3) is 11.4 Å². The number of halogens is 9. The maximum Gasteiger partial charge on any atom is 0.524 e. The molecule has 630 valence electrons. The van der Waals surface area contributed by atoms with Crippen molar-refractivity contribution in [1.82, 2.24) is 0 Å². The van der Waals surface area contributed by atoms with E-state index in [-0.39, 0.29) is 62.2 Å². The summed E-state index contributed by atoms with van der Waals surface area (Å²) < 4.78 is 159. The van der Waals surface area contributed by atoms with Gasteiger partial charge in [0.05, 0.1) is 42.1 Å². The molecule has 0 unspecified atom stereocenters. The molecule has 6 aromatic rings. The van der Waals surface area contributed by atoms with Crippen LogP contribution in [0.2, 0.25) is 5.82 Å². The number of nitro benzene ring substituents is 5. The normalized spacial score (nSPS) is 14.8. The number of nitrogens with zero attached hydrogens (tertiary/aromatic N) is 8. The zero-order valence-corrected chi connectivity index (χ0v) is 66.2. The predicted octanol–water partition coefficient (Wildman–Crippen LogP) is 19.2. The Hall–Kier alpha value is -8.90. The number of aryl methyl sites for hydroxylation is 1. The number of azide groups is 1. The molecule has 0 atom stereocenters. The molecular formula is C69H91BF9N11O19PPdS2-. The van der Waals surface area contributed by atoms with E-state index >= 15 is 0 Å². The average Bonchev–Trinajstić information content (AvgIpc) is 0.847. The number of ether oxygens (including phenoxy) is 1. The van der Waals surface area contributed by atoms with Gasteiger partial charge < -0.3 is 44.5 Å². The molecule has 5 aliphatic carbocycles. The molecule has 6 fully saturated rings. The van der Waals surface area contributed by atoms with Crippen LogP contribution in [-0.4, -0.2) is 108 Å². The molecule has 6 aliphatic rings. The number of anilines is 3. The van der Waals surface area contributed by atoms with E-state index in [0.29, 0.717) is 43.8 Å². The van der Waals surface area contributed by atoms with Gasteiger partial charge in [0.1, 0.15) is 17.1 Å². The molecule has 113 heavy (non-hydrogen) atoms. The first-order valence-electron chi connectivity index (χ1n) is 34.6. The van der Waals surface area contributed by atoms with E-state index in [9.17, 15) is 107 Å². The van der Waals surface area contributed by atoms with Crippen LogP contribution in [0.3, 0.4) is 0 Å². The van der Waals surface area contributed by atoms with Gasteiger partial charge in [0, 0.05) is 64.2 Å². The summed E-state index contributed by atoms with van der Waals surface area (Å²) in [6.07, 6.45) is 19.8.